The van der Waals surface area contributed by atoms with E-state index in [2.05, 4.69) is 19.9 Å². The number of imidazole rings is 2. The average molecular weight is 340 g/mol. The van der Waals surface area contributed by atoms with Gasteiger partial charge >= 0.3 is 5.69 Å². The molecule has 0 amide bonds. The lowest BCUT2D eigenvalue weighted by atomic mass is 10.1. The largest absolute Gasteiger partial charge is 0.327 e. The Kier molecular flexibility index (Phi) is 3.41. The van der Waals surface area contributed by atoms with Crippen LogP contribution >= 0.6 is 0 Å². The van der Waals surface area contributed by atoms with Gasteiger partial charge in [0.2, 0.25) is 0 Å². The molecule has 4 aromatic heterocycles. The summed E-state index contributed by atoms with van der Waals surface area (Å²) in [4.78, 5) is 28.2. The zero-order chi connectivity index (χ0) is 17.7. The molecule has 0 aliphatic heterocycles. The Bertz CT molecular complexity index is 1140. The Labute approximate surface area is 142 Å². The fraction of sp³-hybridized carbons (Fsp3) is 0.294. The Morgan fingerprint density at radius 2 is 1.96 bits per heavy atom. The van der Waals surface area contributed by atoms with E-state index >= 15 is 0 Å². The predicted octanol–water partition coefficient (Wildman–Crippen LogP) is 2.79. The highest BCUT2D eigenvalue weighted by atomic mass is 19.1. The summed E-state index contributed by atoms with van der Waals surface area (Å²) < 4.78 is 16.8. The molecule has 0 radical (unpaired) electrons. The van der Waals surface area contributed by atoms with Gasteiger partial charge in [-0.25, -0.2) is 24.1 Å². The molecule has 4 rings (SSSR count). The second-order valence-electron chi connectivity index (χ2n) is 6.43. The van der Waals surface area contributed by atoms with Crippen molar-refractivity contribution in [1.29, 1.82) is 0 Å². The summed E-state index contributed by atoms with van der Waals surface area (Å²) in [6.07, 6.45) is 4.50. The number of H-pyrrole nitrogens is 1. The van der Waals surface area contributed by atoms with Crippen LogP contribution in [0, 0.1) is 11.7 Å². The molecule has 25 heavy (non-hydrogen) atoms. The molecule has 8 heteroatoms. The van der Waals surface area contributed by atoms with Crippen molar-refractivity contribution in [2.24, 2.45) is 5.92 Å². The van der Waals surface area contributed by atoms with E-state index in [9.17, 15) is 9.18 Å². The quantitative estimate of drug-likeness (QED) is 0.622. The molecule has 4 aromatic rings. The number of hydrogen-bond acceptors (Lipinski definition) is 4. The van der Waals surface area contributed by atoms with Crippen molar-refractivity contribution in [1.82, 2.24) is 28.9 Å². The Morgan fingerprint density at radius 1 is 1.16 bits per heavy atom. The molecular weight excluding hydrogens is 323 g/mol. The Balaban J connectivity index is 1.95. The zero-order valence-corrected chi connectivity index (χ0v) is 14.1. The summed E-state index contributed by atoms with van der Waals surface area (Å²) in [7, 11) is 0. The first-order valence-electron chi connectivity index (χ1n) is 8.06. The molecular formula is C17H17FN6O. The van der Waals surface area contributed by atoms with Crippen molar-refractivity contribution < 1.29 is 4.39 Å². The number of aromatic nitrogens is 6. The molecule has 7 nitrogen and oxygen atoms in total. The van der Waals surface area contributed by atoms with Gasteiger partial charge in [0.25, 0.3) is 0 Å². The van der Waals surface area contributed by atoms with Gasteiger partial charge in [0.05, 0.1) is 12.4 Å². The fourth-order valence-corrected chi connectivity index (χ4v) is 2.84. The van der Waals surface area contributed by atoms with Crippen molar-refractivity contribution in [2.45, 2.75) is 26.8 Å². The number of fused-ring (bicyclic) bond motifs is 2. The monoisotopic (exact) mass is 340 g/mol. The third-order valence-corrected chi connectivity index (χ3v) is 4.53. The molecule has 0 aromatic carbocycles. The first-order valence-corrected chi connectivity index (χ1v) is 8.06. The van der Waals surface area contributed by atoms with Crippen molar-refractivity contribution in [3.05, 3.63) is 47.0 Å². The molecule has 0 aliphatic carbocycles. The van der Waals surface area contributed by atoms with Gasteiger partial charge in [-0.15, -0.1) is 0 Å². The molecule has 4 heterocycles. The maximum Gasteiger partial charge on any atom is 0.327 e. The summed E-state index contributed by atoms with van der Waals surface area (Å²) in [5.74, 6) is 0.272. The van der Waals surface area contributed by atoms with Crippen LogP contribution in [0.4, 0.5) is 4.39 Å². The number of pyridine rings is 1. The Hall–Kier alpha value is -3.03. The highest BCUT2D eigenvalue weighted by Gasteiger charge is 2.19. The van der Waals surface area contributed by atoms with E-state index in [1.807, 2.05) is 20.8 Å². The third-order valence-electron chi connectivity index (χ3n) is 4.53. The summed E-state index contributed by atoms with van der Waals surface area (Å²) in [5.41, 5.74) is 2.05. The summed E-state index contributed by atoms with van der Waals surface area (Å²) in [5, 5.41) is 0. The van der Waals surface area contributed by atoms with E-state index in [0.29, 0.717) is 28.3 Å². The van der Waals surface area contributed by atoms with Crippen molar-refractivity contribution in [2.75, 3.05) is 0 Å². The molecule has 0 saturated heterocycles. The SMILES string of the molecule is CC(C)[C@@H](C)n1c(=O)[nH]c2cnc(-c3cnc4ccc(F)cn34)nc21. The van der Waals surface area contributed by atoms with E-state index < -0.39 is 0 Å². The van der Waals surface area contributed by atoms with Crippen molar-refractivity contribution in [3.8, 4) is 11.5 Å². The van der Waals surface area contributed by atoms with Crippen molar-refractivity contribution in [3.63, 3.8) is 0 Å². The van der Waals surface area contributed by atoms with Gasteiger partial charge in [-0.05, 0) is 25.0 Å². The fourth-order valence-electron chi connectivity index (χ4n) is 2.84. The summed E-state index contributed by atoms with van der Waals surface area (Å²) >= 11 is 0. The van der Waals surface area contributed by atoms with E-state index in [1.165, 1.54) is 12.3 Å². The number of hydrogen-bond donors (Lipinski definition) is 1. The maximum atomic E-state index is 13.6. The normalized spacial score (nSPS) is 13.2. The minimum atomic E-state index is -0.375. The van der Waals surface area contributed by atoms with Crippen LogP contribution in [0.5, 0.6) is 0 Å². The van der Waals surface area contributed by atoms with Gasteiger partial charge in [0, 0.05) is 12.2 Å². The maximum absolute atomic E-state index is 13.6. The van der Waals surface area contributed by atoms with Crippen LogP contribution in [0.3, 0.4) is 0 Å². The minimum Gasteiger partial charge on any atom is -0.303 e. The molecule has 0 spiro atoms. The molecule has 128 valence electrons. The van der Waals surface area contributed by atoms with Gasteiger partial charge in [-0.3, -0.25) is 8.97 Å². The number of halogens is 1. The zero-order valence-electron chi connectivity index (χ0n) is 14.1. The predicted molar refractivity (Wildman–Crippen MR) is 91.8 cm³/mol. The van der Waals surface area contributed by atoms with Crippen LogP contribution < -0.4 is 5.69 Å². The van der Waals surface area contributed by atoms with Gasteiger partial charge in [-0.1, -0.05) is 13.8 Å². The molecule has 1 N–H and O–H groups in total. The molecule has 1 atom stereocenters. The van der Waals surface area contributed by atoms with Crippen LogP contribution in [-0.4, -0.2) is 28.9 Å². The molecule has 0 fully saturated rings. The van der Waals surface area contributed by atoms with Gasteiger partial charge in [-0.2, -0.15) is 0 Å². The minimum absolute atomic E-state index is 0.0244. The second kappa shape index (κ2) is 5.51. The van der Waals surface area contributed by atoms with Gasteiger partial charge in [0.15, 0.2) is 11.5 Å². The summed E-state index contributed by atoms with van der Waals surface area (Å²) in [6.45, 7) is 6.07. The van der Waals surface area contributed by atoms with Gasteiger partial charge < -0.3 is 4.98 Å². The van der Waals surface area contributed by atoms with Gasteiger partial charge in [0.1, 0.15) is 22.7 Å². The smallest absolute Gasteiger partial charge is 0.303 e. The second-order valence-corrected chi connectivity index (χ2v) is 6.43. The van der Waals surface area contributed by atoms with E-state index in [1.54, 1.807) is 27.4 Å². The van der Waals surface area contributed by atoms with E-state index in [0.717, 1.165) is 0 Å². The molecule has 0 unspecified atom stereocenters. The lowest BCUT2D eigenvalue weighted by Gasteiger charge is -2.16. The first-order chi connectivity index (χ1) is 12.0. The van der Waals surface area contributed by atoms with E-state index in [4.69, 9.17) is 0 Å². The molecule has 0 saturated carbocycles. The molecule has 0 aliphatic rings. The molecule has 0 bridgehead atoms. The standard InChI is InChI=1S/C17H17FN6O/c1-9(2)10(3)24-16-12(21-17(24)25)6-20-15(22-16)13-7-19-14-5-4-11(18)8-23(13)14/h4-10H,1-3H3,(H,21,25)/t10-/m1/s1. The number of rotatable bonds is 3. The topological polar surface area (TPSA) is 80.9 Å². The number of nitrogens with one attached hydrogen (secondary N) is 1. The van der Waals surface area contributed by atoms with Crippen LogP contribution in [-0.2, 0) is 0 Å². The van der Waals surface area contributed by atoms with Crippen molar-refractivity contribution >= 4 is 16.8 Å². The summed E-state index contributed by atoms with van der Waals surface area (Å²) in [6, 6.07) is 2.91. The Morgan fingerprint density at radius 3 is 2.72 bits per heavy atom. The van der Waals surface area contributed by atoms with Crippen LogP contribution in [0.2, 0.25) is 0 Å². The third kappa shape index (κ3) is 2.41. The number of aromatic amines is 1. The highest BCUT2D eigenvalue weighted by Crippen LogP contribution is 2.22. The first kappa shape index (κ1) is 15.5. The van der Waals surface area contributed by atoms with E-state index in [-0.39, 0.29) is 23.5 Å². The highest BCUT2D eigenvalue weighted by molar-refractivity contribution is 5.72. The average Bonchev–Trinajstić information content (AvgIpc) is 3.13. The van der Waals surface area contributed by atoms with Crippen LogP contribution in [0.25, 0.3) is 28.3 Å². The lowest BCUT2D eigenvalue weighted by Crippen LogP contribution is -2.24. The van der Waals surface area contributed by atoms with Crippen LogP contribution in [0.15, 0.2) is 35.5 Å². The van der Waals surface area contributed by atoms with Crippen LogP contribution in [0.1, 0.15) is 26.8 Å². The number of nitrogens with zero attached hydrogens (tertiary/aromatic N) is 5. The lowest BCUT2D eigenvalue weighted by molar-refractivity contribution is 0.406.